The van der Waals surface area contributed by atoms with Crippen molar-refractivity contribution >= 4 is 40.0 Å². The molecule has 1 fully saturated rings. The molecule has 5 nitrogen and oxygen atoms in total. The maximum atomic E-state index is 12.5. The van der Waals surface area contributed by atoms with Gasteiger partial charge < -0.3 is 5.32 Å². The van der Waals surface area contributed by atoms with E-state index in [-0.39, 0.29) is 11.8 Å². The van der Waals surface area contributed by atoms with E-state index in [0.717, 1.165) is 48.1 Å². The molecule has 1 aliphatic rings. The molecular formula is C15H18N4OS. The number of nitrogens with zero attached hydrogens (tertiary/aromatic N) is 3. The van der Waals surface area contributed by atoms with E-state index in [1.807, 2.05) is 5.38 Å². The van der Waals surface area contributed by atoms with Crippen LogP contribution in [0.25, 0.3) is 10.3 Å². The lowest BCUT2D eigenvalue weighted by atomic mass is 9.99. The van der Waals surface area contributed by atoms with E-state index >= 15 is 0 Å². The number of carbonyl (C=O) groups excluding carboxylic acids is 1. The van der Waals surface area contributed by atoms with Gasteiger partial charge in [0.1, 0.15) is 10.3 Å². The molecule has 6 heteroatoms. The Balaban J connectivity index is 1.70. The number of fused-ring (bicyclic) bond motifs is 1. The van der Waals surface area contributed by atoms with E-state index in [4.69, 9.17) is 0 Å². The number of hydrogen-bond acceptors (Lipinski definition) is 5. The molecule has 110 valence electrons. The van der Waals surface area contributed by atoms with Gasteiger partial charge in [-0.15, -0.1) is 11.3 Å². The van der Waals surface area contributed by atoms with Crippen molar-refractivity contribution < 1.29 is 4.79 Å². The first kappa shape index (κ1) is 14.1. The zero-order valence-electron chi connectivity index (χ0n) is 11.8. The zero-order valence-corrected chi connectivity index (χ0v) is 12.6. The molecule has 1 aliphatic carbocycles. The van der Waals surface area contributed by atoms with Crippen molar-refractivity contribution in [3.05, 3.63) is 17.8 Å². The lowest BCUT2D eigenvalue weighted by Crippen LogP contribution is -2.22. The van der Waals surface area contributed by atoms with Crippen molar-refractivity contribution in [2.75, 3.05) is 5.32 Å². The van der Waals surface area contributed by atoms with Crippen molar-refractivity contribution in [1.29, 1.82) is 0 Å². The second-order valence-corrected chi connectivity index (χ2v) is 6.25. The molecule has 2 aromatic rings. The van der Waals surface area contributed by atoms with Crippen LogP contribution in [-0.2, 0) is 4.79 Å². The van der Waals surface area contributed by atoms with Crippen LogP contribution in [0, 0.1) is 5.92 Å². The fraction of sp³-hybridized carbons (Fsp3) is 0.467. The number of anilines is 1. The van der Waals surface area contributed by atoms with Gasteiger partial charge in [-0.25, -0.2) is 9.97 Å². The highest BCUT2D eigenvalue weighted by Gasteiger charge is 2.24. The van der Waals surface area contributed by atoms with Gasteiger partial charge in [0.25, 0.3) is 0 Å². The number of aliphatic imine (C=N–C) groups is 1. The third-order valence-electron chi connectivity index (χ3n) is 4.03. The Bertz CT molecular complexity index is 654. The van der Waals surface area contributed by atoms with Gasteiger partial charge in [0.15, 0.2) is 0 Å². The number of thiophene rings is 1. The van der Waals surface area contributed by atoms with Crippen molar-refractivity contribution in [2.45, 2.75) is 38.1 Å². The maximum Gasteiger partial charge on any atom is 0.227 e. The van der Waals surface area contributed by atoms with Crippen LogP contribution in [0.3, 0.4) is 0 Å². The van der Waals surface area contributed by atoms with Crippen LogP contribution >= 0.6 is 11.3 Å². The molecule has 1 unspecified atom stereocenters. The molecule has 2 heterocycles. The van der Waals surface area contributed by atoms with E-state index in [2.05, 4.69) is 27.0 Å². The number of carbonyl (C=O) groups is 1. The Hall–Kier alpha value is -1.82. The van der Waals surface area contributed by atoms with Crippen molar-refractivity contribution in [2.24, 2.45) is 10.9 Å². The predicted octanol–water partition coefficient (Wildman–Crippen LogP) is 3.28. The Morgan fingerprint density at radius 3 is 3.00 bits per heavy atom. The quantitative estimate of drug-likeness (QED) is 0.699. The normalized spacial score (nSPS) is 22.7. The number of amides is 1. The summed E-state index contributed by atoms with van der Waals surface area (Å²) in [5.41, 5.74) is 1.55. The van der Waals surface area contributed by atoms with Gasteiger partial charge in [-0.05, 0) is 32.4 Å². The maximum absolute atomic E-state index is 12.5. The van der Waals surface area contributed by atoms with Crippen LogP contribution in [0.2, 0.25) is 0 Å². The van der Waals surface area contributed by atoms with Crippen LogP contribution in [0.1, 0.15) is 32.1 Å². The summed E-state index contributed by atoms with van der Waals surface area (Å²) in [4.78, 5) is 26.0. The lowest BCUT2D eigenvalue weighted by molar-refractivity contribution is -0.120. The van der Waals surface area contributed by atoms with E-state index in [0.29, 0.717) is 6.04 Å². The van der Waals surface area contributed by atoms with Gasteiger partial charge >= 0.3 is 0 Å². The highest BCUT2D eigenvalue weighted by molar-refractivity contribution is 7.17. The summed E-state index contributed by atoms with van der Waals surface area (Å²) in [6, 6.07) is 0.315. The highest BCUT2D eigenvalue weighted by Crippen LogP contribution is 2.29. The molecule has 1 saturated carbocycles. The van der Waals surface area contributed by atoms with Gasteiger partial charge in [0, 0.05) is 29.7 Å². The number of hydrogen-bond donors (Lipinski definition) is 1. The molecule has 21 heavy (non-hydrogen) atoms. The van der Waals surface area contributed by atoms with Gasteiger partial charge in [-0.1, -0.05) is 6.42 Å². The fourth-order valence-corrected chi connectivity index (χ4v) is 3.61. The molecule has 2 aromatic heterocycles. The molecule has 0 bridgehead atoms. The molecule has 1 amide bonds. The smallest absolute Gasteiger partial charge is 0.227 e. The second kappa shape index (κ2) is 6.30. The van der Waals surface area contributed by atoms with Crippen LogP contribution < -0.4 is 5.32 Å². The molecule has 0 aromatic carbocycles. The van der Waals surface area contributed by atoms with Gasteiger partial charge in [0.05, 0.1) is 5.69 Å². The van der Waals surface area contributed by atoms with Gasteiger partial charge in [0.2, 0.25) is 5.91 Å². The Labute approximate surface area is 127 Å². The first-order valence-electron chi connectivity index (χ1n) is 7.23. The van der Waals surface area contributed by atoms with E-state index in [1.165, 1.54) is 11.3 Å². The average molecular weight is 302 g/mol. The first-order valence-corrected chi connectivity index (χ1v) is 8.11. The average Bonchev–Trinajstić information content (AvgIpc) is 2.76. The Kier molecular flexibility index (Phi) is 4.24. The molecule has 0 saturated heterocycles. The molecule has 0 radical (unpaired) electrons. The minimum Gasteiger partial charge on any atom is -0.323 e. The molecule has 3 rings (SSSR count). The minimum absolute atomic E-state index is 0.0587. The van der Waals surface area contributed by atoms with Gasteiger partial charge in [-0.3, -0.25) is 9.79 Å². The molecule has 1 N–H and O–H groups in total. The standard InChI is InChI=1S/C15H18N4OS/c1-16-11-4-2-3-10(5-6-11)14(20)19-12-9-21-15-13(12)17-7-8-18-15/h7-11H,1-6H2,(H,19,20)/t10-,11?/m1/s1. The summed E-state index contributed by atoms with van der Waals surface area (Å²) in [5.74, 6) is 0.147. The summed E-state index contributed by atoms with van der Waals surface area (Å²) in [6.45, 7) is 3.63. The predicted molar refractivity (Wildman–Crippen MR) is 86.0 cm³/mol. The second-order valence-electron chi connectivity index (χ2n) is 5.39. The fourth-order valence-electron chi connectivity index (χ4n) is 2.82. The minimum atomic E-state index is 0.0587. The number of rotatable bonds is 3. The largest absolute Gasteiger partial charge is 0.323 e. The van der Waals surface area contributed by atoms with Crippen molar-refractivity contribution in [3.63, 3.8) is 0 Å². The van der Waals surface area contributed by atoms with Crippen LogP contribution in [0.15, 0.2) is 22.8 Å². The number of nitrogens with one attached hydrogen (secondary N) is 1. The Morgan fingerprint density at radius 2 is 2.14 bits per heavy atom. The highest BCUT2D eigenvalue weighted by atomic mass is 32.1. The summed E-state index contributed by atoms with van der Waals surface area (Å²) in [7, 11) is 0. The molecule has 0 aliphatic heterocycles. The molecular weight excluding hydrogens is 284 g/mol. The van der Waals surface area contributed by atoms with Crippen LogP contribution in [-0.4, -0.2) is 28.6 Å². The summed E-state index contributed by atoms with van der Waals surface area (Å²) in [6.07, 6.45) is 8.14. The van der Waals surface area contributed by atoms with E-state index in [1.54, 1.807) is 12.4 Å². The van der Waals surface area contributed by atoms with Crippen LogP contribution in [0.5, 0.6) is 0 Å². The van der Waals surface area contributed by atoms with Crippen LogP contribution in [0.4, 0.5) is 5.69 Å². The first-order chi connectivity index (χ1) is 10.3. The number of aromatic nitrogens is 2. The van der Waals surface area contributed by atoms with Crippen molar-refractivity contribution in [3.8, 4) is 0 Å². The topological polar surface area (TPSA) is 67.2 Å². The third-order valence-corrected chi connectivity index (χ3v) is 4.91. The van der Waals surface area contributed by atoms with Gasteiger partial charge in [-0.2, -0.15) is 0 Å². The summed E-state index contributed by atoms with van der Waals surface area (Å²) in [5, 5.41) is 4.93. The van der Waals surface area contributed by atoms with Crippen molar-refractivity contribution in [1.82, 2.24) is 9.97 Å². The Morgan fingerprint density at radius 1 is 1.29 bits per heavy atom. The monoisotopic (exact) mass is 302 g/mol. The molecule has 0 spiro atoms. The lowest BCUT2D eigenvalue weighted by Gasteiger charge is -2.13. The van der Waals surface area contributed by atoms with E-state index in [9.17, 15) is 4.79 Å². The summed E-state index contributed by atoms with van der Waals surface area (Å²) < 4.78 is 0. The zero-order chi connectivity index (χ0) is 14.7. The third kappa shape index (κ3) is 3.10. The van der Waals surface area contributed by atoms with E-state index < -0.39 is 0 Å². The molecule has 2 atom stereocenters. The SMILES string of the molecule is C=NC1CCC[C@@H](C(=O)Nc2csc3nccnc23)CC1. The summed E-state index contributed by atoms with van der Waals surface area (Å²) >= 11 is 1.50.